The Kier molecular flexibility index (Phi) is 6.01. The molecule has 3 rings (SSSR count). The molecule has 0 bridgehead atoms. The van der Waals surface area contributed by atoms with Crippen molar-refractivity contribution in [2.24, 2.45) is 0 Å². The van der Waals surface area contributed by atoms with Gasteiger partial charge in [-0.3, -0.25) is 4.79 Å². The number of halogens is 1. The van der Waals surface area contributed by atoms with Crippen LogP contribution in [0.2, 0.25) is 5.02 Å². The van der Waals surface area contributed by atoms with Gasteiger partial charge in [0, 0.05) is 18.1 Å². The number of imidazole rings is 1. The van der Waals surface area contributed by atoms with Crippen molar-refractivity contribution in [1.29, 1.82) is 0 Å². The lowest BCUT2D eigenvalue weighted by molar-refractivity contribution is 0.0734. The van der Waals surface area contributed by atoms with Gasteiger partial charge in [-0.05, 0) is 43.7 Å². The van der Waals surface area contributed by atoms with Crippen LogP contribution in [0, 0.1) is 0 Å². The van der Waals surface area contributed by atoms with Crippen LogP contribution >= 0.6 is 11.6 Å². The minimum Gasteiger partial charge on any atom is -0.496 e. The third-order valence-electron chi connectivity index (χ3n) is 4.55. The van der Waals surface area contributed by atoms with Gasteiger partial charge in [-0.1, -0.05) is 30.7 Å². The summed E-state index contributed by atoms with van der Waals surface area (Å²) in [6.45, 7) is 6.00. The molecule has 0 saturated carbocycles. The highest BCUT2D eigenvalue weighted by Gasteiger charge is 2.22. The lowest BCUT2D eigenvalue weighted by atomic mass is 10.1. The summed E-state index contributed by atoms with van der Waals surface area (Å²) in [4.78, 5) is 19.8. The molecular formula is C21H24ClN3O2. The van der Waals surface area contributed by atoms with Crippen molar-refractivity contribution in [3.05, 3.63) is 58.9 Å². The SMILES string of the molecule is CCCN(Cc1nc2ccccc2n1CC)C(=O)c1cc(Cl)ccc1OC. The number of methoxy groups -OCH3 is 1. The maximum absolute atomic E-state index is 13.2. The first kappa shape index (κ1) is 19.2. The van der Waals surface area contributed by atoms with Gasteiger partial charge < -0.3 is 14.2 Å². The number of carbonyl (C=O) groups excluding carboxylic acids is 1. The van der Waals surface area contributed by atoms with Crippen LogP contribution in [0.5, 0.6) is 5.75 Å². The highest BCUT2D eigenvalue weighted by molar-refractivity contribution is 6.31. The molecule has 0 radical (unpaired) electrons. The molecule has 0 saturated heterocycles. The summed E-state index contributed by atoms with van der Waals surface area (Å²) >= 11 is 6.12. The van der Waals surface area contributed by atoms with E-state index < -0.39 is 0 Å². The number of aromatic nitrogens is 2. The second-order valence-electron chi connectivity index (χ2n) is 6.33. The van der Waals surface area contributed by atoms with E-state index in [0.717, 1.165) is 29.8 Å². The number of ether oxygens (including phenoxy) is 1. The second-order valence-corrected chi connectivity index (χ2v) is 6.77. The van der Waals surface area contributed by atoms with Crippen LogP contribution in [0.4, 0.5) is 0 Å². The highest BCUT2D eigenvalue weighted by atomic mass is 35.5. The van der Waals surface area contributed by atoms with Gasteiger partial charge in [0.05, 0.1) is 30.3 Å². The van der Waals surface area contributed by atoms with Crippen LogP contribution in [0.3, 0.4) is 0 Å². The number of rotatable bonds is 7. The van der Waals surface area contributed by atoms with Crippen molar-refractivity contribution >= 4 is 28.5 Å². The first-order valence-corrected chi connectivity index (χ1v) is 9.53. The highest BCUT2D eigenvalue weighted by Crippen LogP contribution is 2.25. The standard InChI is InChI=1S/C21H24ClN3O2/c1-4-12-24(21(26)16-13-15(22)10-11-19(16)27-3)14-20-23-17-8-6-7-9-18(17)25(20)5-2/h6-11,13H,4-5,12,14H2,1-3H3. The molecule has 0 aliphatic rings. The summed E-state index contributed by atoms with van der Waals surface area (Å²) in [5.41, 5.74) is 2.50. The molecule has 6 heteroatoms. The zero-order chi connectivity index (χ0) is 19.4. The van der Waals surface area contributed by atoms with Crippen LogP contribution in [0.15, 0.2) is 42.5 Å². The summed E-state index contributed by atoms with van der Waals surface area (Å²) in [6, 6.07) is 13.1. The molecule has 0 aliphatic heterocycles. The Bertz CT molecular complexity index is 952. The molecule has 0 unspecified atom stereocenters. The molecule has 5 nitrogen and oxygen atoms in total. The van der Waals surface area contributed by atoms with E-state index in [9.17, 15) is 4.79 Å². The molecule has 2 aromatic carbocycles. The van der Waals surface area contributed by atoms with E-state index in [4.69, 9.17) is 21.3 Å². The maximum atomic E-state index is 13.2. The Morgan fingerprint density at radius 3 is 2.70 bits per heavy atom. The second kappa shape index (κ2) is 8.44. The van der Waals surface area contributed by atoms with Crippen LogP contribution in [-0.4, -0.2) is 34.0 Å². The number of nitrogens with zero attached hydrogens (tertiary/aromatic N) is 3. The quantitative estimate of drug-likeness (QED) is 0.588. The van der Waals surface area contributed by atoms with Gasteiger partial charge in [0.2, 0.25) is 0 Å². The summed E-state index contributed by atoms with van der Waals surface area (Å²) in [5.74, 6) is 1.29. The third kappa shape index (κ3) is 3.93. The zero-order valence-electron chi connectivity index (χ0n) is 15.9. The lowest BCUT2D eigenvalue weighted by Crippen LogP contribution is -2.32. The van der Waals surface area contributed by atoms with Gasteiger partial charge in [-0.25, -0.2) is 4.98 Å². The number of hydrogen-bond donors (Lipinski definition) is 0. The zero-order valence-corrected chi connectivity index (χ0v) is 16.7. The molecule has 1 aromatic heterocycles. The number of para-hydroxylation sites is 2. The summed E-state index contributed by atoms with van der Waals surface area (Å²) in [6.07, 6.45) is 0.848. The van der Waals surface area contributed by atoms with Crippen molar-refractivity contribution in [2.75, 3.05) is 13.7 Å². The molecule has 1 amide bonds. The minimum absolute atomic E-state index is 0.106. The van der Waals surface area contributed by atoms with E-state index in [2.05, 4.69) is 24.5 Å². The van der Waals surface area contributed by atoms with E-state index in [-0.39, 0.29) is 5.91 Å². The predicted molar refractivity (Wildman–Crippen MR) is 108 cm³/mol. The maximum Gasteiger partial charge on any atom is 0.258 e. The average Bonchev–Trinajstić information content (AvgIpc) is 3.04. The topological polar surface area (TPSA) is 47.4 Å². The molecule has 3 aromatic rings. The largest absolute Gasteiger partial charge is 0.496 e. The van der Waals surface area contributed by atoms with Gasteiger partial charge in [0.25, 0.3) is 5.91 Å². The Morgan fingerprint density at radius 2 is 2.00 bits per heavy atom. The van der Waals surface area contributed by atoms with Gasteiger partial charge in [-0.15, -0.1) is 0 Å². The predicted octanol–water partition coefficient (Wildman–Crippen LogP) is 4.77. The fraction of sp³-hybridized carbons (Fsp3) is 0.333. The number of carbonyl (C=O) groups is 1. The van der Waals surface area contributed by atoms with E-state index in [1.165, 1.54) is 0 Å². The summed E-state index contributed by atoms with van der Waals surface area (Å²) in [7, 11) is 1.56. The molecule has 1 heterocycles. The van der Waals surface area contributed by atoms with E-state index in [1.54, 1.807) is 25.3 Å². The van der Waals surface area contributed by atoms with Crippen LogP contribution in [-0.2, 0) is 13.1 Å². The van der Waals surface area contributed by atoms with E-state index in [1.807, 2.05) is 23.1 Å². The first-order valence-electron chi connectivity index (χ1n) is 9.16. The molecular weight excluding hydrogens is 362 g/mol. The van der Waals surface area contributed by atoms with Crippen molar-refractivity contribution in [2.45, 2.75) is 33.4 Å². The van der Waals surface area contributed by atoms with E-state index >= 15 is 0 Å². The Morgan fingerprint density at radius 1 is 1.22 bits per heavy atom. The van der Waals surface area contributed by atoms with Crippen molar-refractivity contribution < 1.29 is 9.53 Å². The number of aryl methyl sites for hydroxylation is 1. The summed E-state index contributed by atoms with van der Waals surface area (Å²) in [5, 5.41) is 0.511. The number of amides is 1. The molecule has 0 aliphatic carbocycles. The number of hydrogen-bond acceptors (Lipinski definition) is 3. The molecule has 142 valence electrons. The van der Waals surface area contributed by atoms with Crippen LogP contribution in [0.1, 0.15) is 36.5 Å². The first-order chi connectivity index (χ1) is 13.1. The Hall–Kier alpha value is -2.53. The normalized spacial score (nSPS) is 11.0. The number of benzene rings is 2. The van der Waals surface area contributed by atoms with Crippen LogP contribution < -0.4 is 4.74 Å². The van der Waals surface area contributed by atoms with Gasteiger partial charge >= 0.3 is 0 Å². The molecule has 0 N–H and O–H groups in total. The Balaban J connectivity index is 1.97. The van der Waals surface area contributed by atoms with Crippen LogP contribution in [0.25, 0.3) is 11.0 Å². The minimum atomic E-state index is -0.106. The van der Waals surface area contributed by atoms with Crippen molar-refractivity contribution in [3.8, 4) is 5.75 Å². The van der Waals surface area contributed by atoms with E-state index in [0.29, 0.717) is 29.4 Å². The third-order valence-corrected chi connectivity index (χ3v) is 4.79. The molecule has 27 heavy (non-hydrogen) atoms. The van der Waals surface area contributed by atoms with Crippen molar-refractivity contribution in [1.82, 2.24) is 14.5 Å². The fourth-order valence-corrected chi connectivity index (χ4v) is 3.48. The fourth-order valence-electron chi connectivity index (χ4n) is 3.31. The average molecular weight is 386 g/mol. The van der Waals surface area contributed by atoms with Gasteiger partial charge in [0.15, 0.2) is 0 Å². The smallest absolute Gasteiger partial charge is 0.258 e. The number of fused-ring (bicyclic) bond motifs is 1. The summed E-state index contributed by atoms with van der Waals surface area (Å²) < 4.78 is 7.52. The Labute approximate surface area is 164 Å². The van der Waals surface area contributed by atoms with Gasteiger partial charge in [0.1, 0.15) is 11.6 Å². The molecule has 0 spiro atoms. The van der Waals surface area contributed by atoms with Gasteiger partial charge in [-0.2, -0.15) is 0 Å². The molecule has 0 atom stereocenters. The monoisotopic (exact) mass is 385 g/mol. The molecule has 0 fully saturated rings. The van der Waals surface area contributed by atoms with Crippen molar-refractivity contribution in [3.63, 3.8) is 0 Å². The lowest BCUT2D eigenvalue weighted by Gasteiger charge is -2.23.